The van der Waals surface area contributed by atoms with E-state index >= 15 is 0 Å². The summed E-state index contributed by atoms with van der Waals surface area (Å²) < 4.78 is 21.2. The molecule has 12 heteroatoms. The smallest absolute Gasteiger partial charge is 0.325 e. The molecule has 2 amide bonds. The summed E-state index contributed by atoms with van der Waals surface area (Å²) in [5.74, 6) is 0.334. The molecule has 0 aliphatic heterocycles. The van der Waals surface area contributed by atoms with E-state index in [4.69, 9.17) is 16.1 Å². The first kappa shape index (κ1) is 24.1. The van der Waals surface area contributed by atoms with Gasteiger partial charge in [-0.3, -0.25) is 14.7 Å². The molecule has 3 aromatic heterocycles. The van der Waals surface area contributed by atoms with E-state index in [1.54, 1.807) is 32.4 Å². The number of carbonyl (C=O) groups is 1. The van der Waals surface area contributed by atoms with Crippen molar-refractivity contribution in [1.29, 1.82) is 0 Å². The number of fused-ring (bicyclic) bond motifs is 1. The second kappa shape index (κ2) is 8.99. The van der Waals surface area contributed by atoms with Gasteiger partial charge in [-0.2, -0.15) is 4.98 Å². The number of aryl methyl sites for hydroxylation is 1. The van der Waals surface area contributed by atoms with Gasteiger partial charge >= 0.3 is 6.03 Å². The molecular formula is C23H23ClFN7O3. The minimum absolute atomic E-state index is 0.00370. The van der Waals surface area contributed by atoms with Crippen molar-refractivity contribution in [2.24, 2.45) is 7.05 Å². The minimum Gasteiger partial charge on any atom is -0.359 e. The van der Waals surface area contributed by atoms with Gasteiger partial charge < -0.3 is 15.2 Å². The lowest BCUT2D eigenvalue weighted by Gasteiger charge is -2.13. The number of amides is 2. The van der Waals surface area contributed by atoms with Crippen LogP contribution >= 0.6 is 11.6 Å². The van der Waals surface area contributed by atoms with E-state index in [9.17, 15) is 14.0 Å². The van der Waals surface area contributed by atoms with Gasteiger partial charge in [-0.15, -0.1) is 0 Å². The first-order chi connectivity index (χ1) is 16.5. The Hall–Kier alpha value is -3.99. The SMILES string of the molecule is CNc1ncc2cc(-c3cc(NC(=O)Nc4cc(C(C)(C)C)on4)c(F)cc3Cl)c(=O)n(C)c2n1. The Kier molecular flexibility index (Phi) is 6.20. The molecule has 10 nitrogen and oxygen atoms in total. The zero-order valence-electron chi connectivity index (χ0n) is 19.7. The van der Waals surface area contributed by atoms with E-state index in [-0.39, 0.29) is 33.1 Å². The van der Waals surface area contributed by atoms with Crippen LogP contribution in [-0.4, -0.2) is 32.8 Å². The van der Waals surface area contributed by atoms with Crippen molar-refractivity contribution in [1.82, 2.24) is 19.7 Å². The molecule has 0 unspecified atom stereocenters. The van der Waals surface area contributed by atoms with Crippen LogP contribution < -0.4 is 21.5 Å². The van der Waals surface area contributed by atoms with Gasteiger partial charge in [0.2, 0.25) is 5.95 Å². The fourth-order valence-electron chi connectivity index (χ4n) is 3.37. The molecule has 0 fully saturated rings. The normalized spacial score (nSPS) is 11.5. The first-order valence-corrected chi connectivity index (χ1v) is 10.9. The third-order valence-corrected chi connectivity index (χ3v) is 5.57. The number of pyridine rings is 1. The van der Waals surface area contributed by atoms with Crippen molar-refractivity contribution < 1.29 is 13.7 Å². The van der Waals surface area contributed by atoms with Crippen molar-refractivity contribution in [3.8, 4) is 11.1 Å². The number of carbonyl (C=O) groups excluding carboxylic acids is 1. The second-order valence-electron chi connectivity index (χ2n) is 8.86. The lowest BCUT2D eigenvalue weighted by molar-refractivity contribution is 0.261. The summed E-state index contributed by atoms with van der Waals surface area (Å²) in [5.41, 5.74) is -0.0338. The largest absolute Gasteiger partial charge is 0.359 e. The van der Waals surface area contributed by atoms with E-state index in [2.05, 4.69) is 31.1 Å². The topological polar surface area (TPSA) is 127 Å². The number of anilines is 3. The highest BCUT2D eigenvalue weighted by atomic mass is 35.5. The molecule has 35 heavy (non-hydrogen) atoms. The van der Waals surface area contributed by atoms with Crippen LogP contribution in [0.1, 0.15) is 26.5 Å². The molecule has 0 saturated heterocycles. The summed E-state index contributed by atoms with van der Waals surface area (Å²) in [6.45, 7) is 5.81. The first-order valence-electron chi connectivity index (χ1n) is 10.6. The third kappa shape index (κ3) is 4.80. The Morgan fingerprint density at radius 2 is 1.89 bits per heavy atom. The van der Waals surface area contributed by atoms with Gasteiger partial charge in [-0.25, -0.2) is 14.2 Å². The Morgan fingerprint density at radius 1 is 1.14 bits per heavy atom. The molecule has 4 rings (SSSR count). The van der Waals surface area contributed by atoms with Crippen molar-refractivity contribution in [3.63, 3.8) is 0 Å². The van der Waals surface area contributed by atoms with Crippen molar-refractivity contribution in [2.75, 3.05) is 23.0 Å². The number of nitrogens with zero attached hydrogens (tertiary/aromatic N) is 4. The fraction of sp³-hybridized carbons (Fsp3) is 0.261. The molecule has 0 aliphatic carbocycles. The molecule has 0 bridgehead atoms. The quantitative estimate of drug-likeness (QED) is 0.369. The van der Waals surface area contributed by atoms with Gasteiger partial charge in [-0.1, -0.05) is 37.5 Å². The number of aromatic nitrogens is 4. The molecule has 182 valence electrons. The Labute approximate surface area is 204 Å². The molecule has 0 spiro atoms. The molecule has 0 saturated carbocycles. The van der Waals surface area contributed by atoms with Crippen LogP contribution in [0.4, 0.5) is 26.6 Å². The molecular weight excluding hydrogens is 477 g/mol. The van der Waals surface area contributed by atoms with Crippen molar-refractivity contribution in [2.45, 2.75) is 26.2 Å². The minimum atomic E-state index is -0.774. The van der Waals surface area contributed by atoms with Gasteiger partial charge in [0.1, 0.15) is 17.2 Å². The molecule has 0 aliphatic rings. The summed E-state index contributed by atoms with van der Waals surface area (Å²) >= 11 is 6.29. The summed E-state index contributed by atoms with van der Waals surface area (Å²) in [7, 11) is 3.23. The Morgan fingerprint density at radius 3 is 2.54 bits per heavy atom. The van der Waals surface area contributed by atoms with E-state index in [1.165, 1.54) is 10.6 Å². The molecule has 3 N–H and O–H groups in total. The zero-order chi connectivity index (χ0) is 25.5. The van der Waals surface area contributed by atoms with Gasteiger partial charge in [-0.05, 0) is 18.2 Å². The van der Waals surface area contributed by atoms with Gasteiger partial charge in [0, 0.05) is 48.3 Å². The molecule has 1 aromatic carbocycles. The van der Waals surface area contributed by atoms with Crippen LogP contribution in [0.5, 0.6) is 0 Å². The van der Waals surface area contributed by atoms with Crippen LogP contribution in [0.3, 0.4) is 0 Å². The predicted molar refractivity (Wildman–Crippen MR) is 133 cm³/mol. The predicted octanol–water partition coefficient (Wildman–Crippen LogP) is 4.76. The van der Waals surface area contributed by atoms with Crippen molar-refractivity contribution in [3.05, 3.63) is 57.4 Å². The average molecular weight is 500 g/mol. The maximum atomic E-state index is 14.7. The number of urea groups is 1. The van der Waals surface area contributed by atoms with Crippen LogP contribution in [-0.2, 0) is 12.5 Å². The standard InChI is InChI=1S/C23H23ClFN7O3/c1-23(2,3)17-9-18(31-35-17)29-22(34)28-16-7-12(14(24)8-15(16)25)13-6-11-10-27-21(26-4)30-19(11)32(5)20(13)33/h6-10H,1-5H3,(H,26,27,30)(H2,28,29,31,34). The lowest BCUT2D eigenvalue weighted by Crippen LogP contribution is -2.21. The highest BCUT2D eigenvalue weighted by molar-refractivity contribution is 6.33. The zero-order valence-corrected chi connectivity index (χ0v) is 20.4. The van der Waals surface area contributed by atoms with Crippen LogP contribution in [0.2, 0.25) is 5.02 Å². The number of benzene rings is 1. The van der Waals surface area contributed by atoms with E-state index in [0.717, 1.165) is 6.07 Å². The van der Waals surface area contributed by atoms with Gasteiger partial charge in [0.25, 0.3) is 5.56 Å². The number of halogens is 2. The number of nitrogens with one attached hydrogen (secondary N) is 3. The highest BCUT2D eigenvalue weighted by Crippen LogP contribution is 2.32. The van der Waals surface area contributed by atoms with Crippen LogP contribution in [0.15, 0.2) is 39.8 Å². The second-order valence-corrected chi connectivity index (χ2v) is 9.27. The summed E-state index contributed by atoms with van der Waals surface area (Å²) in [5, 5.41) is 12.1. The summed E-state index contributed by atoms with van der Waals surface area (Å²) in [4.78, 5) is 34.1. The summed E-state index contributed by atoms with van der Waals surface area (Å²) in [6.07, 6.45) is 1.56. The van der Waals surface area contributed by atoms with E-state index < -0.39 is 17.4 Å². The van der Waals surface area contributed by atoms with Crippen molar-refractivity contribution >= 4 is 46.1 Å². The lowest BCUT2D eigenvalue weighted by atomic mass is 9.93. The fourth-order valence-corrected chi connectivity index (χ4v) is 3.62. The molecule has 3 heterocycles. The third-order valence-electron chi connectivity index (χ3n) is 5.26. The maximum absolute atomic E-state index is 14.7. The van der Waals surface area contributed by atoms with Gasteiger partial charge in [0.05, 0.1) is 10.7 Å². The highest BCUT2D eigenvalue weighted by Gasteiger charge is 2.21. The number of hydrogen-bond acceptors (Lipinski definition) is 7. The Bertz CT molecular complexity index is 1510. The van der Waals surface area contributed by atoms with Gasteiger partial charge in [0.15, 0.2) is 5.82 Å². The monoisotopic (exact) mass is 499 g/mol. The molecule has 0 atom stereocenters. The Balaban J connectivity index is 1.67. The number of rotatable bonds is 4. The molecule has 4 aromatic rings. The maximum Gasteiger partial charge on any atom is 0.325 e. The van der Waals surface area contributed by atoms with Crippen LogP contribution in [0, 0.1) is 5.82 Å². The number of hydrogen-bond donors (Lipinski definition) is 3. The summed E-state index contributed by atoms with van der Waals surface area (Å²) in [6, 6.07) is 4.74. The average Bonchev–Trinajstić information content (AvgIpc) is 3.27. The van der Waals surface area contributed by atoms with Crippen LogP contribution in [0.25, 0.3) is 22.2 Å². The van der Waals surface area contributed by atoms with E-state index in [0.29, 0.717) is 22.7 Å². The molecule has 0 radical (unpaired) electrons. The van der Waals surface area contributed by atoms with E-state index in [1.807, 2.05) is 20.8 Å².